The third-order valence-electron chi connectivity index (χ3n) is 19.1. The smallest absolute Gasteiger partial charge is 0.187 e. The summed E-state index contributed by atoms with van der Waals surface area (Å²) in [6, 6.07) is 0. The Balaban J connectivity index is 0.833. The fraction of sp³-hybridized carbons (Fsp3) is 0.960. The van der Waals surface area contributed by atoms with Crippen LogP contribution in [0.1, 0.15) is 92.4 Å². The first-order valence-corrected chi connectivity index (χ1v) is 26.3. The van der Waals surface area contributed by atoms with Crippen LogP contribution in [0.3, 0.4) is 0 Å². The highest BCUT2D eigenvalue weighted by molar-refractivity contribution is 5.26. The van der Waals surface area contributed by atoms with Crippen LogP contribution in [0.5, 0.6) is 0 Å². The number of fused-ring (bicyclic) bond motifs is 7. The summed E-state index contributed by atoms with van der Waals surface area (Å²) >= 11 is 0. The Hall–Kier alpha value is -1.14. The molecular formula is C50H82O22. The summed E-state index contributed by atoms with van der Waals surface area (Å²) in [6.45, 7) is 8.55. The van der Waals surface area contributed by atoms with E-state index in [0.717, 1.165) is 32.1 Å². The summed E-state index contributed by atoms with van der Waals surface area (Å²) in [5.41, 5.74) is 1.10. The van der Waals surface area contributed by atoms with Crippen molar-refractivity contribution in [3.63, 3.8) is 0 Å². The van der Waals surface area contributed by atoms with Gasteiger partial charge in [0.25, 0.3) is 0 Å². The van der Waals surface area contributed by atoms with Crippen LogP contribution in [0.15, 0.2) is 11.6 Å². The van der Waals surface area contributed by atoms with Crippen molar-refractivity contribution < 1.29 is 109 Å². The number of hydrogen-bond donors (Lipinski definition) is 13. The molecule has 0 amide bonds. The van der Waals surface area contributed by atoms with Crippen molar-refractivity contribution >= 4 is 0 Å². The molecule has 5 aliphatic heterocycles. The number of rotatable bonds is 15. The molecule has 9 aliphatic rings. The van der Waals surface area contributed by atoms with Gasteiger partial charge in [-0.2, -0.15) is 0 Å². The summed E-state index contributed by atoms with van der Waals surface area (Å²) in [5.74, 6) is -0.183. The van der Waals surface area contributed by atoms with Gasteiger partial charge in [0.2, 0.25) is 0 Å². The third kappa shape index (κ3) is 9.80. The van der Waals surface area contributed by atoms with E-state index in [0.29, 0.717) is 43.4 Å². The first-order chi connectivity index (χ1) is 34.1. The minimum Gasteiger partial charge on any atom is -0.394 e. The summed E-state index contributed by atoms with van der Waals surface area (Å²) < 4.78 is 54.2. The molecule has 72 heavy (non-hydrogen) atoms. The molecular weight excluding hydrogens is 953 g/mol. The maximum absolute atomic E-state index is 12.1. The van der Waals surface area contributed by atoms with E-state index in [4.69, 9.17) is 42.6 Å². The molecule has 0 aromatic rings. The Kier molecular flexibility index (Phi) is 16.7. The molecule has 8 fully saturated rings. The van der Waals surface area contributed by atoms with Crippen LogP contribution in [0.2, 0.25) is 0 Å². The number of ether oxygens (including phenoxy) is 9. The lowest BCUT2D eigenvalue weighted by Crippen LogP contribution is -2.65. The summed E-state index contributed by atoms with van der Waals surface area (Å²) in [7, 11) is 0. The number of aliphatic hydroxyl groups is 13. The van der Waals surface area contributed by atoms with E-state index in [2.05, 4.69) is 26.8 Å². The van der Waals surface area contributed by atoms with E-state index in [9.17, 15) is 66.4 Å². The number of aliphatic hydroxyl groups excluding tert-OH is 12. The molecule has 4 aliphatic carbocycles. The fourth-order valence-electron chi connectivity index (χ4n) is 14.8. The van der Waals surface area contributed by atoms with Crippen molar-refractivity contribution in [2.75, 3.05) is 26.4 Å². The van der Waals surface area contributed by atoms with Gasteiger partial charge in [0, 0.05) is 12.3 Å². The Morgan fingerprint density at radius 2 is 1.24 bits per heavy atom. The van der Waals surface area contributed by atoms with Gasteiger partial charge in [-0.25, -0.2) is 0 Å². The van der Waals surface area contributed by atoms with Crippen molar-refractivity contribution in [3.05, 3.63) is 11.6 Å². The van der Waals surface area contributed by atoms with Crippen LogP contribution < -0.4 is 0 Å². The van der Waals surface area contributed by atoms with E-state index < -0.39 is 148 Å². The van der Waals surface area contributed by atoms with Gasteiger partial charge in [-0.1, -0.05) is 39.3 Å². The van der Waals surface area contributed by atoms with Crippen LogP contribution in [0.4, 0.5) is 0 Å². The molecule has 9 rings (SSSR count). The lowest BCUT2D eigenvalue weighted by Gasteiger charge is -2.58. The predicted molar refractivity (Wildman–Crippen MR) is 244 cm³/mol. The third-order valence-corrected chi connectivity index (χ3v) is 19.1. The molecule has 0 bridgehead atoms. The predicted octanol–water partition coefficient (Wildman–Crippen LogP) is -2.37. The topological polar surface area (TPSA) is 346 Å². The molecule has 30 atom stereocenters. The highest BCUT2D eigenvalue weighted by atomic mass is 16.8. The second-order valence-electron chi connectivity index (χ2n) is 23.3. The molecule has 13 N–H and O–H groups in total. The molecule has 0 aromatic heterocycles. The fourth-order valence-corrected chi connectivity index (χ4v) is 14.8. The zero-order chi connectivity index (χ0) is 51.9. The Morgan fingerprint density at radius 3 is 1.93 bits per heavy atom. The van der Waals surface area contributed by atoms with Gasteiger partial charge in [0.15, 0.2) is 30.9 Å². The van der Waals surface area contributed by atoms with E-state index in [1.165, 1.54) is 12.5 Å². The normalized spacial score (nSPS) is 54.9. The molecule has 0 spiro atoms. The van der Waals surface area contributed by atoms with Gasteiger partial charge >= 0.3 is 0 Å². The molecule has 414 valence electrons. The largest absolute Gasteiger partial charge is 0.394 e. The van der Waals surface area contributed by atoms with Crippen molar-refractivity contribution in [1.82, 2.24) is 0 Å². The highest BCUT2D eigenvalue weighted by Gasteiger charge is 2.68. The summed E-state index contributed by atoms with van der Waals surface area (Å²) in [5, 5.41) is 138. The second kappa shape index (κ2) is 21.6. The van der Waals surface area contributed by atoms with Gasteiger partial charge in [-0.15, -0.1) is 0 Å². The molecule has 0 radical (unpaired) electrons. The minimum atomic E-state index is -1.77. The van der Waals surface area contributed by atoms with Gasteiger partial charge in [0.1, 0.15) is 85.5 Å². The van der Waals surface area contributed by atoms with Crippen LogP contribution >= 0.6 is 0 Å². The van der Waals surface area contributed by atoms with E-state index in [1.807, 2.05) is 6.92 Å². The average Bonchev–Trinajstić information content (AvgIpc) is 3.91. The minimum absolute atomic E-state index is 0.0512. The molecule has 22 nitrogen and oxygen atoms in total. The van der Waals surface area contributed by atoms with Crippen LogP contribution in [-0.4, -0.2) is 228 Å². The van der Waals surface area contributed by atoms with Gasteiger partial charge in [-0.05, 0) is 98.7 Å². The Bertz CT molecular complexity index is 1860. The first kappa shape index (κ1) is 55.6. The molecule has 5 saturated heterocycles. The summed E-state index contributed by atoms with van der Waals surface area (Å²) in [6.07, 6.45) is -18.9. The van der Waals surface area contributed by atoms with Crippen molar-refractivity contribution in [2.45, 2.75) is 227 Å². The molecule has 22 heteroatoms. The van der Waals surface area contributed by atoms with Crippen molar-refractivity contribution in [1.29, 1.82) is 0 Å². The number of allylic oxidation sites excluding steroid dienone is 1. The maximum Gasteiger partial charge on any atom is 0.187 e. The Labute approximate surface area is 419 Å². The van der Waals surface area contributed by atoms with Crippen LogP contribution in [0, 0.1) is 46.3 Å². The van der Waals surface area contributed by atoms with Crippen molar-refractivity contribution in [3.8, 4) is 0 Å². The van der Waals surface area contributed by atoms with Gasteiger partial charge in [0.05, 0.1) is 44.7 Å². The zero-order valence-corrected chi connectivity index (χ0v) is 41.8. The average molecular weight is 1040 g/mol. The molecule has 3 saturated carbocycles. The SMILES string of the molecule is CC(CCC1(O)OC2CC3C4CC=C5CC(OC6OC(CO)C(OC7OC(CO)C(O)C7O)C(OC7OC(C)C(O)C(O)C7O)C6O)CCC5(C)C4CCC3(C)C2C1C)COC1OC(CO)C(O)C(O)C1O. The lowest BCUT2D eigenvalue weighted by molar-refractivity contribution is -0.376. The van der Waals surface area contributed by atoms with E-state index in [-0.39, 0.29) is 41.3 Å². The zero-order valence-electron chi connectivity index (χ0n) is 41.8. The van der Waals surface area contributed by atoms with Gasteiger partial charge in [-0.3, -0.25) is 0 Å². The van der Waals surface area contributed by atoms with Crippen LogP contribution in [-0.2, 0) is 42.6 Å². The standard InChI is InChI=1S/C50H82O22/c1-20(19-64-44-39(60)37(58)34(55)29(16-51)67-44)8-13-50(63)21(2)32-28(72-50)15-27-25-7-6-23-14-24(9-11-48(23,4)26(25)10-12-49(27,32)5)66-47-41(62)43(71-45-40(61)36(57)33(54)22(3)65-45)42(31(18-53)69-47)70-46-38(59)35(56)30(17-52)68-46/h6,20-22,24-47,51-63H,7-19H2,1-5H3. The van der Waals surface area contributed by atoms with Crippen molar-refractivity contribution in [2.24, 2.45) is 46.3 Å². The number of hydrogen-bond acceptors (Lipinski definition) is 22. The summed E-state index contributed by atoms with van der Waals surface area (Å²) in [4.78, 5) is 0. The maximum atomic E-state index is 12.1. The Morgan fingerprint density at radius 1 is 0.653 bits per heavy atom. The van der Waals surface area contributed by atoms with Crippen LogP contribution in [0.25, 0.3) is 0 Å². The quantitative estimate of drug-likeness (QED) is 0.0763. The van der Waals surface area contributed by atoms with E-state index in [1.54, 1.807) is 0 Å². The molecule has 5 heterocycles. The first-order valence-electron chi connectivity index (χ1n) is 26.3. The highest BCUT2D eigenvalue weighted by Crippen LogP contribution is 2.70. The lowest BCUT2D eigenvalue weighted by atomic mass is 9.47. The molecule has 30 unspecified atom stereocenters. The monoisotopic (exact) mass is 1030 g/mol. The molecule has 0 aromatic carbocycles. The van der Waals surface area contributed by atoms with E-state index >= 15 is 0 Å². The van der Waals surface area contributed by atoms with Gasteiger partial charge < -0.3 is 109 Å². The second-order valence-corrected chi connectivity index (χ2v) is 23.3.